The lowest BCUT2D eigenvalue weighted by Crippen LogP contribution is -2.03. The van der Waals surface area contributed by atoms with Crippen LogP contribution in [0.15, 0.2) is 18.2 Å². The highest BCUT2D eigenvalue weighted by atomic mass is 35.5. The average Bonchev–Trinajstić information content (AvgIpc) is 2.56. The maximum atomic E-state index is 6.13. The fourth-order valence-corrected chi connectivity index (χ4v) is 2.44. The number of halogens is 3. The van der Waals surface area contributed by atoms with Crippen LogP contribution in [-0.4, -0.2) is 9.78 Å². The van der Waals surface area contributed by atoms with Crippen molar-refractivity contribution in [1.82, 2.24) is 9.78 Å². The summed E-state index contributed by atoms with van der Waals surface area (Å²) in [6.45, 7) is 3.79. The fraction of sp³-hybridized carbons (Fsp3) is 0.250. The summed E-state index contributed by atoms with van der Waals surface area (Å²) in [7, 11) is 0. The molecule has 90 valence electrons. The molecule has 0 saturated heterocycles. The van der Waals surface area contributed by atoms with Crippen molar-refractivity contribution in [2.75, 3.05) is 0 Å². The molecule has 1 heterocycles. The standard InChI is InChI=1S/C12H11Cl3N2/c1-7-12(15)8(2)17(16-7)11-5-3-4-10(14)9(11)6-13/h3-5H,6H2,1-2H3. The second-order valence-corrected chi connectivity index (χ2v) is 4.82. The van der Waals surface area contributed by atoms with Crippen LogP contribution in [0, 0.1) is 13.8 Å². The molecule has 2 nitrogen and oxygen atoms in total. The zero-order valence-corrected chi connectivity index (χ0v) is 11.7. The van der Waals surface area contributed by atoms with E-state index in [1.165, 1.54) is 0 Å². The van der Waals surface area contributed by atoms with Gasteiger partial charge in [-0.25, -0.2) is 4.68 Å². The highest BCUT2D eigenvalue weighted by molar-refractivity contribution is 6.33. The third-order valence-electron chi connectivity index (χ3n) is 2.66. The Balaban J connectivity index is 2.68. The Morgan fingerprint density at radius 2 is 1.94 bits per heavy atom. The van der Waals surface area contributed by atoms with Gasteiger partial charge in [-0.2, -0.15) is 5.10 Å². The number of hydrogen-bond donors (Lipinski definition) is 0. The van der Waals surface area contributed by atoms with Crippen molar-refractivity contribution >= 4 is 34.8 Å². The van der Waals surface area contributed by atoms with Gasteiger partial charge in [0.25, 0.3) is 0 Å². The first-order chi connectivity index (χ1) is 8.06. The van der Waals surface area contributed by atoms with Crippen molar-refractivity contribution in [3.05, 3.63) is 45.2 Å². The maximum Gasteiger partial charge on any atom is 0.0848 e. The van der Waals surface area contributed by atoms with Crippen LogP contribution >= 0.6 is 34.8 Å². The van der Waals surface area contributed by atoms with Gasteiger partial charge in [0.15, 0.2) is 0 Å². The topological polar surface area (TPSA) is 17.8 Å². The third-order valence-corrected chi connectivity index (χ3v) is 3.83. The van der Waals surface area contributed by atoms with Gasteiger partial charge in [0.05, 0.1) is 28.0 Å². The Labute approximate surface area is 115 Å². The van der Waals surface area contributed by atoms with Crippen molar-refractivity contribution in [1.29, 1.82) is 0 Å². The first-order valence-corrected chi connectivity index (χ1v) is 6.40. The molecule has 0 aliphatic rings. The Kier molecular flexibility index (Phi) is 3.67. The number of rotatable bonds is 2. The number of benzene rings is 1. The Bertz CT molecular complexity index is 561. The van der Waals surface area contributed by atoms with E-state index < -0.39 is 0 Å². The molecule has 1 aromatic carbocycles. The third kappa shape index (κ3) is 2.17. The van der Waals surface area contributed by atoms with Crippen molar-refractivity contribution in [3.63, 3.8) is 0 Å². The molecule has 17 heavy (non-hydrogen) atoms. The molecule has 0 N–H and O–H groups in total. The smallest absolute Gasteiger partial charge is 0.0848 e. The van der Waals surface area contributed by atoms with Gasteiger partial charge in [-0.1, -0.05) is 29.3 Å². The maximum absolute atomic E-state index is 6.13. The van der Waals surface area contributed by atoms with Gasteiger partial charge in [-0.05, 0) is 26.0 Å². The predicted octanol–water partition coefficient (Wildman–Crippen LogP) is 4.53. The van der Waals surface area contributed by atoms with E-state index in [1.54, 1.807) is 4.68 Å². The summed E-state index contributed by atoms with van der Waals surface area (Å²) in [5, 5.41) is 5.71. The van der Waals surface area contributed by atoms with Gasteiger partial charge < -0.3 is 0 Å². The first kappa shape index (κ1) is 12.7. The van der Waals surface area contributed by atoms with E-state index in [0.29, 0.717) is 15.9 Å². The SMILES string of the molecule is Cc1nn(-c2cccc(Cl)c2CCl)c(C)c1Cl. The van der Waals surface area contributed by atoms with E-state index in [9.17, 15) is 0 Å². The quantitative estimate of drug-likeness (QED) is 0.742. The monoisotopic (exact) mass is 288 g/mol. The summed E-state index contributed by atoms with van der Waals surface area (Å²) < 4.78 is 1.78. The average molecular weight is 290 g/mol. The Morgan fingerprint density at radius 3 is 2.47 bits per heavy atom. The molecule has 1 aromatic heterocycles. The van der Waals surface area contributed by atoms with E-state index >= 15 is 0 Å². The van der Waals surface area contributed by atoms with E-state index in [0.717, 1.165) is 22.6 Å². The molecule has 0 radical (unpaired) electrons. The van der Waals surface area contributed by atoms with E-state index in [-0.39, 0.29) is 0 Å². The number of hydrogen-bond acceptors (Lipinski definition) is 1. The summed E-state index contributed by atoms with van der Waals surface area (Å²) in [6.07, 6.45) is 0. The fourth-order valence-electron chi connectivity index (χ4n) is 1.74. The summed E-state index contributed by atoms with van der Waals surface area (Å²) in [4.78, 5) is 0. The number of aromatic nitrogens is 2. The second kappa shape index (κ2) is 4.89. The summed E-state index contributed by atoms with van der Waals surface area (Å²) >= 11 is 18.2. The zero-order valence-electron chi connectivity index (χ0n) is 9.47. The molecule has 0 aliphatic carbocycles. The molecular formula is C12H11Cl3N2. The summed E-state index contributed by atoms with van der Waals surface area (Å²) in [5.41, 5.74) is 3.42. The lowest BCUT2D eigenvalue weighted by atomic mass is 10.2. The molecular weight excluding hydrogens is 279 g/mol. The zero-order chi connectivity index (χ0) is 12.6. The van der Waals surface area contributed by atoms with Gasteiger partial charge in [0, 0.05) is 10.6 Å². The van der Waals surface area contributed by atoms with Crippen LogP contribution in [0.5, 0.6) is 0 Å². The Hall–Kier alpha value is -0.700. The minimum Gasteiger partial charge on any atom is -0.236 e. The number of nitrogens with zero attached hydrogens (tertiary/aromatic N) is 2. The van der Waals surface area contributed by atoms with Crippen molar-refractivity contribution in [2.45, 2.75) is 19.7 Å². The van der Waals surface area contributed by atoms with Crippen LogP contribution < -0.4 is 0 Å². The molecule has 0 unspecified atom stereocenters. The normalized spacial score (nSPS) is 10.9. The van der Waals surface area contributed by atoms with E-state index in [4.69, 9.17) is 34.8 Å². The molecule has 2 aromatic rings. The molecule has 0 fully saturated rings. The van der Waals surface area contributed by atoms with E-state index in [1.807, 2.05) is 32.0 Å². The molecule has 0 atom stereocenters. The van der Waals surface area contributed by atoms with Crippen LogP contribution in [0.1, 0.15) is 17.0 Å². The Morgan fingerprint density at radius 1 is 1.24 bits per heavy atom. The molecule has 0 spiro atoms. The minimum absolute atomic E-state index is 0.338. The van der Waals surface area contributed by atoms with Crippen molar-refractivity contribution in [2.24, 2.45) is 0 Å². The van der Waals surface area contributed by atoms with Crippen LogP contribution in [0.25, 0.3) is 5.69 Å². The highest BCUT2D eigenvalue weighted by Gasteiger charge is 2.14. The highest BCUT2D eigenvalue weighted by Crippen LogP contribution is 2.28. The predicted molar refractivity (Wildman–Crippen MR) is 72.6 cm³/mol. The molecule has 0 bridgehead atoms. The van der Waals surface area contributed by atoms with Crippen LogP contribution in [0.3, 0.4) is 0 Å². The van der Waals surface area contributed by atoms with Crippen molar-refractivity contribution < 1.29 is 0 Å². The lowest BCUT2D eigenvalue weighted by molar-refractivity contribution is 0.826. The van der Waals surface area contributed by atoms with Crippen LogP contribution in [-0.2, 0) is 5.88 Å². The number of aryl methyl sites for hydroxylation is 1. The molecule has 0 aliphatic heterocycles. The largest absolute Gasteiger partial charge is 0.236 e. The van der Waals surface area contributed by atoms with Gasteiger partial charge in [0.2, 0.25) is 0 Å². The van der Waals surface area contributed by atoms with Gasteiger partial charge >= 0.3 is 0 Å². The van der Waals surface area contributed by atoms with Crippen LogP contribution in [0.4, 0.5) is 0 Å². The lowest BCUT2D eigenvalue weighted by Gasteiger charge is -2.10. The summed E-state index contributed by atoms with van der Waals surface area (Å²) in [5.74, 6) is 0.338. The molecule has 5 heteroatoms. The number of alkyl halides is 1. The van der Waals surface area contributed by atoms with Crippen LogP contribution in [0.2, 0.25) is 10.0 Å². The molecule has 0 amide bonds. The first-order valence-electron chi connectivity index (χ1n) is 5.11. The summed E-state index contributed by atoms with van der Waals surface area (Å²) in [6, 6.07) is 5.62. The van der Waals surface area contributed by atoms with E-state index in [2.05, 4.69) is 5.10 Å². The van der Waals surface area contributed by atoms with Gasteiger partial charge in [-0.3, -0.25) is 0 Å². The second-order valence-electron chi connectivity index (χ2n) is 3.77. The molecule has 2 rings (SSSR count). The van der Waals surface area contributed by atoms with Gasteiger partial charge in [-0.15, -0.1) is 11.6 Å². The van der Waals surface area contributed by atoms with Crippen molar-refractivity contribution in [3.8, 4) is 5.69 Å². The molecule has 0 saturated carbocycles. The minimum atomic E-state index is 0.338. The van der Waals surface area contributed by atoms with Gasteiger partial charge in [0.1, 0.15) is 0 Å².